The highest BCUT2D eigenvalue weighted by atomic mass is 16.6. The van der Waals surface area contributed by atoms with Crippen LogP contribution in [0.2, 0.25) is 0 Å². The molecule has 2 aliphatic rings. The average molecular weight is 277 g/mol. The molecule has 3 unspecified atom stereocenters. The van der Waals surface area contributed by atoms with Crippen molar-refractivity contribution in [1.29, 1.82) is 0 Å². The number of aliphatic carboxylic acids is 1. The molecule has 2 aliphatic heterocycles. The fourth-order valence-electron chi connectivity index (χ4n) is 3.48. The van der Waals surface area contributed by atoms with Gasteiger partial charge in [0.1, 0.15) is 12.0 Å². The van der Waals surface area contributed by atoms with Gasteiger partial charge in [-0.05, 0) is 32.3 Å². The third-order valence-electron chi connectivity index (χ3n) is 4.38. The van der Waals surface area contributed by atoms with Crippen LogP contribution in [0.5, 0.6) is 0 Å². The predicted octanol–water partition coefficient (Wildman–Crippen LogP) is 1.74. The lowest BCUT2D eigenvalue weighted by atomic mass is 9.89. The van der Waals surface area contributed by atoms with E-state index in [4.69, 9.17) is 0 Å². The Bertz CT molecular complexity index is 589. The molecular formula is C13H15N3O4. The minimum atomic E-state index is -0.763. The van der Waals surface area contributed by atoms with E-state index in [-0.39, 0.29) is 23.7 Å². The number of fused-ring (bicyclic) bond motifs is 2. The van der Waals surface area contributed by atoms with Gasteiger partial charge in [0, 0.05) is 17.6 Å². The number of hydrogen-bond donors (Lipinski definition) is 1. The minimum Gasteiger partial charge on any atom is -0.481 e. The van der Waals surface area contributed by atoms with Crippen molar-refractivity contribution in [2.45, 2.75) is 38.3 Å². The van der Waals surface area contributed by atoms with E-state index >= 15 is 0 Å². The molecule has 1 aromatic heterocycles. The zero-order valence-electron chi connectivity index (χ0n) is 11.0. The van der Waals surface area contributed by atoms with Crippen LogP contribution in [0.1, 0.15) is 24.8 Å². The number of aryl methyl sites for hydroxylation is 1. The monoisotopic (exact) mass is 277 g/mol. The molecule has 0 radical (unpaired) electrons. The van der Waals surface area contributed by atoms with E-state index in [1.54, 1.807) is 13.0 Å². The summed E-state index contributed by atoms with van der Waals surface area (Å²) in [7, 11) is 0. The normalized spacial score (nSPS) is 27.9. The third-order valence-corrected chi connectivity index (χ3v) is 4.38. The molecule has 2 fully saturated rings. The van der Waals surface area contributed by atoms with E-state index in [2.05, 4.69) is 4.98 Å². The number of anilines is 1. The second-order valence-corrected chi connectivity index (χ2v) is 5.47. The number of rotatable bonds is 3. The van der Waals surface area contributed by atoms with Gasteiger partial charge in [-0.25, -0.2) is 4.98 Å². The Balaban J connectivity index is 1.93. The largest absolute Gasteiger partial charge is 0.481 e. The van der Waals surface area contributed by atoms with Crippen molar-refractivity contribution in [3.05, 3.63) is 27.9 Å². The van der Waals surface area contributed by atoms with Crippen LogP contribution in [0.4, 0.5) is 11.5 Å². The highest BCUT2D eigenvalue weighted by Crippen LogP contribution is 2.44. The molecule has 0 saturated carbocycles. The van der Waals surface area contributed by atoms with Crippen molar-refractivity contribution in [1.82, 2.24) is 4.98 Å². The zero-order chi connectivity index (χ0) is 14.4. The van der Waals surface area contributed by atoms with Crippen LogP contribution in [0.15, 0.2) is 12.3 Å². The molecule has 2 bridgehead atoms. The van der Waals surface area contributed by atoms with Crippen molar-refractivity contribution in [2.75, 3.05) is 4.90 Å². The third kappa shape index (κ3) is 1.81. The fourth-order valence-corrected chi connectivity index (χ4v) is 3.48. The Kier molecular flexibility index (Phi) is 2.84. The zero-order valence-corrected chi connectivity index (χ0v) is 11.0. The van der Waals surface area contributed by atoms with E-state index in [9.17, 15) is 20.0 Å². The van der Waals surface area contributed by atoms with Crippen LogP contribution in [-0.4, -0.2) is 33.1 Å². The molecule has 3 atom stereocenters. The van der Waals surface area contributed by atoms with E-state index in [1.165, 1.54) is 6.20 Å². The highest BCUT2D eigenvalue weighted by Gasteiger charge is 2.49. The summed E-state index contributed by atoms with van der Waals surface area (Å²) in [5, 5.41) is 20.0. The summed E-state index contributed by atoms with van der Waals surface area (Å²) < 4.78 is 0. The van der Waals surface area contributed by atoms with Crippen LogP contribution in [-0.2, 0) is 4.79 Å². The average Bonchev–Trinajstić information content (AvgIpc) is 2.95. The SMILES string of the molecule is Cc1cc(N2C3CCC2C(C(=O)O)C3)ncc1[N+](=O)[O-]. The summed E-state index contributed by atoms with van der Waals surface area (Å²) in [5.74, 6) is -0.462. The van der Waals surface area contributed by atoms with Crippen LogP contribution in [0.3, 0.4) is 0 Å². The van der Waals surface area contributed by atoms with Gasteiger partial charge in [-0.2, -0.15) is 0 Å². The minimum absolute atomic E-state index is 0.00456. The standard InChI is InChI=1S/C13H15N3O4/c1-7-4-12(14-6-11(7)16(19)20)15-8-2-3-10(15)9(5-8)13(17)18/h4,6,8-10H,2-3,5H2,1H3,(H,17,18). The first-order chi connectivity index (χ1) is 9.49. The van der Waals surface area contributed by atoms with Crippen LogP contribution in [0.25, 0.3) is 0 Å². The molecule has 3 heterocycles. The number of nitro groups is 1. The molecule has 7 nitrogen and oxygen atoms in total. The van der Waals surface area contributed by atoms with Crippen molar-refractivity contribution >= 4 is 17.5 Å². The first-order valence-electron chi connectivity index (χ1n) is 6.61. The lowest BCUT2D eigenvalue weighted by Gasteiger charge is -2.24. The van der Waals surface area contributed by atoms with Gasteiger partial charge in [0.2, 0.25) is 0 Å². The maximum atomic E-state index is 11.2. The summed E-state index contributed by atoms with van der Waals surface area (Å²) in [5.41, 5.74) is 0.549. The van der Waals surface area contributed by atoms with Gasteiger partial charge in [0.05, 0.1) is 10.8 Å². The Morgan fingerprint density at radius 3 is 2.85 bits per heavy atom. The first-order valence-corrected chi connectivity index (χ1v) is 6.61. The fraction of sp³-hybridized carbons (Fsp3) is 0.538. The Morgan fingerprint density at radius 2 is 2.30 bits per heavy atom. The van der Waals surface area contributed by atoms with Gasteiger partial charge in [-0.1, -0.05) is 0 Å². The molecule has 1 N–H and O–H groups in total. The lowest BCUT2D eigenvalue weighted by molar-refractivity contribution is -0.385. The predicted molar refractivity (Wildman–Crippen MR) is 70.7 cm³/mol. The topological polar surface area (TPSA) is 96.6 Å². The summed E-state index contributed by atoms with van der Waals surface area (Å²) in [4.78, 5) is 27.8. The van der Waals surface area contributed by atoms with Crippen LogP contribution >= 0.6 is 0 Å². The molecule has 0 amide bonds. The second-order valence-electron chi connectivity index (χ2n) is 5.47. The Morgan fingerprint density at radius 1 is 1.55 bits per heavy atom. The number of carbonyl (C=O) groups is 1. The highest BCUT2D eigenvalue weighted by molar-refractivity contribution is 5.74. The second kappa shape index (κ2) is 4.43. The van der Waals surface area contributed by atoms with Crippen LogP contribution < -0.4 is 4.90 Å². The number of pyridine rings is 1. The van der Waals surface area contributed by atoms with Crippen LogP contribution in [0, 0.1) is 23.0 Å². The molecule has 7 heteroatoms. The number of hydrogen-bond acceptors (Lipinski definition) is 5. The van der Waals surface area contributed by atoms with Gasteiger partial charge in [0.15, 0.2) is 0 Å². The van der Waals surface area contributed by atoms with Gasteiger partial charge in [0.25, 0.3) is 5.69 Å². The van der Waals surface area contributed by atoms with E-state index in [1.807, 2.05) is 4.90 Å². The molecule has 20 heavy (non-hydrogen) atoms. The molecule has 106 valence electrons. The van der Waals surface area contributed by atoms with E-state index in [0.29, 0.717) is 17.8 Å². The summed E-state index contributed by atoms with van der Waals surface area (Å²) in [6.07, 6.45) is 3.71. The van der Waals surface area contributed by atoms with Crippen molar-refractivity contribution in [2.24, 2.45) is 5.92 Å². The number of nitrogens with zero attached hydrogens (tertiary/aromatic N) is 3. The van der Waals surface area contributed by atoms with Gasteiger partial charge >= 0.3 is 5.97 Å². The van der Waals surface area contributed by atoms with Gasteiger partial charge < -0.3 is 10.0 Å². The number of carboxylic acid groups (broad SMARTS) is 1. The van der Waals surface area contributed by atoms with Crippen molar-refractivity contribution in [3.63, 3.8) is 0 Å². The molecular weight excluding hydrogens is 262 g/mol. The quantitative estimate of drug-likeness (QED) is 0.667. The summed E-state index contributed by atoms with van der Waals surface area (Å²) in [6, 6.07) is 1.84. The molecule has 3 rings (SSSR count). The molecule has 2 saturated heterocycles. The lowest BCUT2D eigenvalue weighted by Crippen LogP contribution is -2.33. The molecule has 0 aromatic carbocycles. The van der Waals surface area contributed by atoms with E-state index < -0.39 is 10.9 Å². The molecule has 1 aromatic rings. The Hall–Kier alpha value is -2.18. The molecule has 0 aliphatic carbocycles. The van der Waals surface area contributed by atoms with Crippen molar-refractivity contribution < 1.29 is 14.8 Å². The smallest absolute Gasteiger partial charge is 0.308 e. The number of carboxylic acids is 1. The number of aromatic nitrogens is 1. The summed E-state index contributed by atoms with van der Waals surface area (Å²) in [6.45, 7) is 1.68. The maximum absolute atomic E-state index is 11.2. The van der Waals surface area contributed by atoms with Gasteiger partial charge in [-0.3, -0.25) is 14.9 Å². The van der Waals surface area contributed by atoms with E-state index in [0.717, 1.165) is 12.8 Å². The Labute approximate surface area is 115 Å². The summed E-state index contributed by atoms with van der Waals surface area (Å²) >= 11 is 0. The maximum Gasteiger partial charge on any atom is 0.308 e. The first kappa shape index (κ1) is 12.8. The molecule has 0 spiro atoms. The van der Waals surface area contributed by atoms with Gasteiger partial charge in [-0.15, -0.1) is 0 Å². The van der Waals surface area contributed by atoms with Crippen molar-refractivity contribution in [3.8, 4) is 0 Å².